The van der Waals surface area contributed by atoms with Gasteiger partial charge in [-0.15, -0.1) is 0 Å². The van der Waals surface area contributed by atoms with Crippen LogP contribution in [0.2, 0.25) is 0 Å². The second kappa shape index (κ2) is 17.0. The van der Waals surface area contributed by atoms with E-state index in [0.29, 0.717) is 0 Å². The molecule has 0 saturated heterocycles. The van der Waals surface area contributed by atoms with Gasteiger partial charge in [0.2, 0.25) is 0 Å². The van der Waals surface area contributed by atoms with E-state index in [4.69, 9.17) is 9.78 Å². The monoisotopic (exact) mass is 370 g/mol. The zero-order valence-corrected chi connectivity index (χ0v) is 19.1. The molecule has 0 saturated carbocycles. The van der Waals surface area contributed by atoms with Crippen LogP contribution in [0.1, 0.15) is 131 Å². The molecule has 0 radical (unpaired) electrons. The van der Waals surface area contributed by atoms with Crippen molar-refractivity contribution in [3.63, 3.8) is 0 Å². The highest BCUT2D eigenvalue weighted by Crippen LogP contribution is 2.22. The fourth-order valence-electron chi connectivity index (χ4n) is 3.36. The summed E-state index contributed by atoms with van der Waals surface area (Å²) in [6.07, 6.45) is 19.3. The van der Waals surface area contributed by atoms with Crippen molar-refractivity contribution >= 4 is 0 Å². The molecule has 0 aliphatic heterocycles. The first kappa shape index (κ1) is 25.9. The molecule has 2 nitrogen and oxygen atoms in total. The lowest BCUT2D eigenvalue weighted by molar-refractivity contribution is -0.348. The normalized spacial score (nSPS) is 14.5. The largest absolute Gasteiger partial charge is 0.236 e. The van der Waals surface area contributed by atoms with Gasteiger partial charge in [0.1, 0.15) is 0 Å². The first-order valence-electron chi connectivity index (χ1n) is 11.7. The van der Waals surface area contributed by atoms with Crippen LogP contribution in [0.3, 0.4) is 0 Å². The fraction of sp³-hybridized carbons (Fsp3) is 1.00. The molecule has 0 aliphatic rings. The summed E-state index contributed by atoms with van der Waals surface area (Å²) in [6, 6.07) is 0. The summed E-state index contributed by atoms with van der Waals surface area (Å²) in [4.78, 5) is 10.5. The summed E-state index contributed by atoms with van der Waals surface area (Å²) >= 11 is 0. The molecule has 0 aromatic rings. The van der Waals surface area contributed by atoms with E-state index >= 15 is 0 Å². The lowest BCUT2D eigenvalue weighted by Gasteiger charge is -2.17. The van der Waals surface area contributed by atoms with Gasteiger partial charge in [-0.2, -0.15) is 0 Å². The topological polar surface area (TPSA) is 18.5 Å². The molecule has 0 bridgehead atoms. The smallest absolute Gasteiger partial charge is 0.0952 e. The summed E-state index contributed by atoms with van der Waals surface area (Å²) in [5, 5.41) is 0. The van der Waals surface area contributed by atoms with Crippen molar-refractivity contribution in [2.75, 3.05) is 6.61 Å². The molecule has 0 aromatic heterocycles. The third kappa shape index (κ3) is 20.2. The van der Waals surface area contributed by atoms with Crippen molar-refractivity contribution in [1.29, 1.82) is 0 Å². The minimum absolute atomic E-state index is 0.192. The van der Waals surface area contributed by atoms with Crippen LogP contribution in [-0.4, -0.2) is 12.2 Å². The third-order valence-electron chi connectivity index (χ3n) is 5.19. The highest BCUT2D eigenvalue weighted by Gasteiger charge is 2.11. The Morgan fingerprint density at radius 2 is 1.08 bits per heavy atom. The van der Waals surface area contributed by atoms with Crippen LogP contribution in [0.15, 0.2) is 0 Å². The summed E-state index contributed by atoms with van der Waals surface area (Å²) < 4.78 is 0. The number of unbranched alkanes of at least 4 members (excludes halogenated alkanes) is 8. The minimum atomic E-state index is -0.192. The van der Waals surface area contributed by atoms with Crippen LogP contribution < -0.4 is 0 Å². The van der Waals surface area contributed by atoms with Gasteiger partial charge >= 0.3 is 0 Å². The molecular formula is C24H50O2. The molecule has 2 heteroatoms. The van der Waals surface area contributed by atoms with Crippen LogP contribution in [0.25, 0.3) is 0 Å². The highest BCUT2D eigenvalue weighted by atomic mass is 17.2. The van der Waals surface area contributed by atoms with Crippen molar-refractivity contribution in [2.45, 2.75) is 137 Å². The Labute approximate surface area is 165 Å². The zero-order valence-electron chi connectivity index (χ0n) is 19.1. The molecule has 0 rings (SSSR count). The molecule has 0 fully saturated rings. The van der Waals surface area contributed by atoms with E-state index < -0.39 is 0 Å². The molecule has 0 aromatic carbocycles. The van der Waals surface area contributed by atoms with E-state index in [9.17, 15) is 0 Å². The number of hydrogen-bond donors (Lipinski definition) is 0. The molecule has 158 valence electrons. The molecule has 26 heavy (non-hydrogen) atoms. The standard InChI is InChI=1S/C24H50O2/c1-7-8-9-11-14-17-22(2)19-20-23(3)18-15-12-10-13-16-21-25-26-24(4,5)6/h22-23H,7-21H2,1-6H3. The van der Waals surface area contributed by atoms with Crippen molar-refractivity contribution in [3.8, 4) is 0 Å². The van der Waals surface area contributed by atoms with Gasteiger partial charge in [-0.3, -0.25) is 0 Å². The molecule has 0 aliphatic carbocycles. The molecule has 0 amide bonds. The van der Waals surface area contributed by atoms with Crippen molar-refractivity contribution in [1.82, 2.24) is 0 Å². The third-order valence-corrected chi connectivity index (χ3v) is 5.19. The maximum absolute atomic E-state index is 5.28. The van der Waals surface area contributed by atoms with Gasteiger partial charge in [0.15, 0.2) is 0 Å². The van der Waals surface area contributed by atoms with Crippen LogP contribution in [0, 0.1) is 11.8 Å². The molecule has 2 unspecified atom stereocenters. The van der Waals surface area contributed by atoms with Gasteiger partial charge in [-0.1, -0.05) is 104 Å². The average molecular weight is 371 g/mol. The molecule has 0 spiro atoms. The second-order valence-electron chi connectivity index (χ2n) is 9.56. The second-order valence-corrected chi connectivity index (χ2v) is 9.56. The Bertz CT molecular complexity index is 282. The number of rotatable bonds is 18. The number of hydrogen-bond acceptors (Lipinski definition) is 2. The van der Waals surface area contributed by atoms with Gasteiger partial charge in [0.05, 0.1) is 12.2 Å². The summed E-state index contributed by atoms with van der Waals surface area (Å²) in [6.45, 7) is 14.0. The summed E-state index contributed by atoms with van der Waals surface area (Å²) in [5.74, 6) is 1.83. The van der Waals surface area contributed by atoms with Crippen molar-refractivity contribution < 1.29 is 9.78 Å². The van der Waals surface area contributed by atoms with Crippen molar-refractivity contribution in [2.24, 2.45) is 11.8 Å². The fourth-order valence-corrected chi connectivity index (χ4v) is 3.36. The van der Waals surface area contributed by atoms with Crippen LogP contribution >= 0.6 is 0 Å². The van der Waals surface area contributed by atoms with Gasteiger partial charge in [0, 0.05) is 0 Å². The summed E-state index contributed by atoms with van der Waals surface area (Å²) in [7, 11) is 0. The Morgan fingerprint density at radius 1 is 0.615 bits per heavy atom. The Balaban J connectivity index is 3.34. The predicted octanol–water partition coefficient (Wildman–Crippen LogP) is 8.49. The molecular weight excluding hydrogens is 320 g/mol. The Kier molecular flexibility index (Phi) is 17.0. The molecule has 2 atom stereocenters. The predicted molar refractivity (Wildman–Crippen MR) is 115 cm³/mol. The zero-order chi connectivity index (χ0) is 19.7. The molecule has 0 heterocycles. The van der Waals surface area contributed by atoms with E-state index in [1.165, 1.54) is 83.5 Å². The SMILES string of the molecule is CCCCCCCC(C)CCC(C)CCCCCCCOOC(C)(C)C. The van der Waals surface area contributed by atoms with Crippen LogP contribution in [-0.2, 0) is 9.78 Å². The highest BCUT2D eigenvalue weighted by molar-refractivity contribution is 4.60. The van der Waals surface area contributed by atoms with E-state index in [-0.39, 0.29) is 5.60 Å². The maximum atomic E-state index is 5.28. The van der Waals surface area contributed by atoms with E-state index in [2.05, 4.69) is 20.8 Å². The Morgan fingerprint density at radius 3 is 1.58 bits per heavy atom. The van der Waals surface area contributed by atoms with Gasteiger partial charge in [0.25, 0.3) is 0 Å². The summed E-state index contributed by atoms with van der Waals surface area (Å²) in [5.41, 5.74) is -0.192. The van der Waals surface area contributed by atoms with Gasteiger partial charge in [-0.05, 0) is 39.0 Å². The van der Waals surface area contributed by atoms with Crippen molar-refractivity contribution in [3.05, 3.63) is 0 Å². The first-order chi connectivity index (χ1) is 12.3. The minimum Gasteiger partial charge on any atom is -0.236 e. The van der Waals surface area contributed by atoms with Crippen LogP contribution in [0.5, 0.6) is 0 Å². The lowest BCUT2D eigenvalue weighted by atomic mass is 9.91. The first-order valence-corrected chi connectivity index (χ1v) is 11.7. The lowest BCUT2D eigenvalue weighted by Crippen LogP contribution is -2.19. The van der Waals surface area contributed by atoms with Gasteiger partial charge in [-0.25, -0.2) is 9.78 Å². The quantitative estimate of drug-likeness (QED) is 0.137. The van der Waals surface area contributed by atoms with E-state index in [0.717, 1.165) is 24.9 Å². The van der Waals surface area contributed by atoms with Gasteiger partial charge < -0.3 is 0 Å². The maximum Gasteiger partial charge on any atom is 0.0952 e. The van der Waals surface area contributed by atoms with E-state index in [1.807, 2.05) is 20.8 Å². The van der Waals surface area contributed by atoms with Crippen LogP contribution in [0.4, 0.5) is 0 Å². The Hall–Kier alpha value is -0.0800. The molecule has 0 N–H and O–H groups in total. The average Bonchev–Trinajstić information content (AvgIpc) is 2.57. The van der Waals surface area contributed by atoms with E-state index in [1.54, 1.807) is 0 Å².